The number of phenols is 1. The van der Waals surface area contributed by atoms with E-state index in [2.05, 4.69) is 15.6 Å². The number of benzene rings is 1. The zero-order valence-corrected chi connectivity index (χ0v) is 11.2. The molecule has 6 heteroatoms. The molecule has 0 saturated heterocycles. The number of nitrogens with zero attached hydrogens (tertiary/aromatic N) is 1. The molecule has 102 valence electrons. The van der Waals surface area contributed by atoms with Gasteiger partial charge in [0.25, 0.3) is 0 Å². The summed E-state index contributed by atoms with van der Waals surface area (Å²) >= 11 is 5.84. The maximum absolute atomic E-state index is 12.0. The number of pyridine rings is 1. The first kappa shape index (κ1) is 12.7. The van der Waals surface area contributed by atoms with Gasteiger partial charge in [-0.3, -0.25) is 4.79 Å². The van der Waals surface area contributed by atoms with Crippen molar-refractivity contribution in [3.63, 3.8) is 0 Å². The van der Waals surface area contributed by atoms with Gasteiger partial charge in [0, 0.05) is 12.6 Å². The van der Waals surface area contributed by atoms with Crippen molar-refractivity contribution >= 4 is 29.0 Å². The van der Waals surface area contributed by atoms with Crippen LogP contribution in [0.25, 0.3) is 0 Å². The number of amides is 1. The van der Waals surface area contributed by atoms with Crippen LogP contribution in [0, 0.1) is 0 Å². The third-order valence-corrected chi connectivity index (χ3v) is 3.32. The fourth-order valence-corrected chi connectivity index (χ4v) is 2.27. The zero-order chi connectivity index (χ0) is 14.1. The predicted molar refractivity (Wildman–Crippen MR) is 77.1 cm³/mol. The normalized spacial score (nSPS) is 17.1. The van der Waals surface area contributed by atoms with Crippen LogP contribution in [-0.2, 0) is 11.2 Å². The Labute approximate surface area is 120 Å². The second kappa shape index (κ2) is 5.02. The van der Waals surface area contributed by atoms with Crippen LogP contribution in [0.3, 0.4) is 0 Å². The summed E-state index contributed by atoms with van der Waals surface area (Å²) in [6.45, 7) is 0. The second-order valence-corrected chi connectivity index (χ2v) is 5.04. The maximum atomic E-state index is 12.0. The lowest BCUT2D eigenvalue weighted by Gasteiger charge is -2.26. The molecule has 5 nitrogen and oxygen atoms in total. The van der Waals surface area contributed by atoms with Gasteiger partial charge in [-0.15, -0.1) is 0 Å². The summed E-state index contributed by atoms with van der Waals surface area (Å²) in [7, 11) is 0. The van der Waals surface area contributed by atoms with Gasteiger partial charge < -0.3 is 15.7 Å². The fraction of sp³-hybridized carbons (Fsp3) is 0.143. The molecule has 3 N–H and O–H groups in total. The first-order valence-electron chi connectivity index (χ1n) is 6.13. The molecule has 0 bridgehead atoms. The molecule has 1 aliphatic heterocycles. The monoisotopic (exact) mass is 289 g/mol. The van der Waals surface area contributed by atoms with E-state index in [9.17, 15) is 9.90 Å². The Morgan fingerprint density at radius 2 is 2.05 bits per heavy atom. The van der Waals surface area contributed by atoms with E-state index in [0.717, 1.165) is 5.56 Å². The van der Waals surface area contributed by atoms with Crippen LogP contribution in [-0.4, -0.2) is 22.0 Å². The molecule has 0 fully saturated rings. The lowest BCUT2D eigenvalue weighted by Crippen LogP contribution is -2.40. The summed E-state index contributed by atoms with van der Waals surface area (Å²) in [5.41, 5.74) is 1.54. The summed E-state index contributed by atoms with van der Waals surface area (Å²) in [5, 5.41) is 15.6. The van der Waals surface area contributed by atoms with Gasteiger partial charge >= 0.3 is 0 Å². The molecule has 2 aromatic rings. The first-order chi connectivity index (χ1) is 9.61. The molecule has 1 aromatic carbocycles. The standard InChI is InChI=1S/C14H12ClN3O2/c15-9-6-11-13(16-7-9)17-12(14(20)18-11)5-8-1-3-10(19)4-2-8/h1-4,6-7,12,19H,5H2,(H,16,17)(H,18,20). The van der Waals surface area contributed by atoms with Crippen molar-refractivity contribution in [2.45, 2.75) is 12.5 Å². The van der Waals surface area contributed by atoms with Gasteiger partial charge in [-0.2, -0.15) is 0 Å². The zero-order valence-electron chi connectivity index (χ0n) is 10.4. The highest BCUT2D eigenvalue weighted by Crippen LogP contribution is 2.27. The minimum absolute atomic E-state index is 0.130. The molecule has 0 radical (unpaired) electrons. The predicted octanol–water partition coefficient (Wildman–Crippen LogP) is 2.42. The van der Waals surface area contributed by atoms with E-state index in [1.165, 1.54) is 6.20 Å². The van der Waals surface area contributed by atoms with Crippen LogP contribution < -0.4 is 10.6 Å². The minimum atomic E-state index is -0.402. The molecule has 1 aromatic heterocycles. The summed E-state index contributed by atoms with van der Waals surface area (Å²) in [6.07, 6.45) is 2.04. The number of anilines is 2. The Kier molecular flexibility index (Phi) is 3.20. The van der Waals surface area contributed by atoms with E-state index in [0.29, 0.717) is 22.9 Å². The van der Waals surface area contributed by atoms with E-state index in [-0.39, 0.29) is 11.7 Å². The molecule has 0 saturated carbocycles. The van der Waals surface area contributed by atoms with E-state index in [1.807, 2.05) is 0 Å². The molecule has 1 amide bonds. The van der Waals surface area contributed by atoms with Gasteiger partial charge in [0.05, 0.1) is 10.7 Å². The van der Waals surface area contributed by atoms with E-state index in [1.54, 1.807) is 30.3 Å². The summed E-state index contributed by atoms with van der Waals surface area (Å²) in [5.74, 6) is 0.684. The molecule has 0 aliphatic carbocycles. The highest BCUT2D eigenvalue weighted by Gasteiger charge is 2.26. The number of rotatable bonds is 2. The van der Waals surface area contributed by atoms with Gasteiger partial charge in [-0.05, 0) is 23.8 Å². The molecule has 3 rings (SSSR count). The first-order valence-corrected chi connectivity index (χ1v) is 6.50. The van der Waals surface area contributed by atoms with Gasteiger partial charge in [0.1, 0.15) is 11.8 Å². The van der Waals surface area contributed by atoms with Crippen molar-refractivity contribution in [1.82, 2.24) is 4.98 Å². The fourth-order valence-electron chi connectivity index (χ4n) is 2.11. The molecule has 0 spiro atoms. The SMILES string of the molecule is O=C1Nc2cc(Cl)cnc2NC1Cc1ccc(O)cc1. The number of hydrogen-bond donors (Lipinski definition) is 3. The van der Waals surface area contributed by atoms with Crippen LogP contribution in [0.5, 0.6) is 5.75 Å². The molecular weight excluding hydrogens is 278 g/mol. The van der Waals surface area contributed by atoms with Gasteiger partial charge in [0.2, 0.25) is 5.91 Å². The Bertz CT molecular complexity index is 658. The number of aromatic hydroxyl groups is 1. The molecule has 1 aliphatic rings. The number of fused-ring (bicyclic) bond motifs is 1. The Morgan fingerprint density at radius 3 is 2.80 bits per heavy atom. The van der Waals surface area contributed by atoms with E-state index >= 15 is 0 Å². The summed E-state index contributed by atoms with van der Waals surface area (Å²) in [4.78, 5) is 16.2. The average Bonchev–Trinajstić information content (AvgIpc) is 2.42. The Hall–Kier alpha value is -2.27. The third-order valence-electron chi connectivity index (χ3n) is 3.12. The van der Waals surface area contributed by atoms with Crippen molar-refractivity contribution in [3.05, 3.63) is 47.1 Å². The highest BCUT2D eigenvalue weighted by molar-refractivity contribution is 6.31. The van der Waals surface area contributed by atoms with Gasteiger partial charge in [-0.25, -0.2) is 4.98 Å². The number of aromatic nitrogens is 1. The number of hydrogen-bond acceptors (Lipinski definition) is 4. The summed E-state index contributed by atoms with van der Waals surface area (Å²) < 4.78 is 0. The number of carbonyl (C=O) groups excluding carboxylic acids is 1. The van der Waals surface area contributed by atoms with Crippen LogP contribution in [0.2, 0.25) is 5.02 Å². The average molecular weight is 290 g/mol. The maximum Gasteiger partial charge on any atom is 0.247 e. The van der Waals surface area contributed by atoms with Crippen LogP contribution in [0.1, 0.15) is 5.56 Å². The van der Waals surface area contributed by atoms with Gasteiger partial charge in [-0.1, -0.05) is 23.7 Å². The topological polar surface area (TPSA) is 74.2 Å². The number of phenolic OH excluding ortho intramolecular Hbond substituents is 1. The number of nitrogens with one attached hydrogen (secondary N) is 2. The van der Waals surface area contributed by atoms with Gasteiger partial charge in [0.15, 0.2) is 5.82 Å². The molecule has 2 heterocycles. The van der Waals surface area contributed by atoms with E-state index < -0.39 is 6.04 Å². The lowest BCUT2D eigenvalue weighted by molar-refractivity contribution is -0.117. The van der Waals surface area contributed by atoms with Crippen molar-refractivity contribution in [2.75, 3.05) is 10.6 Å². The van der Waals surface area contributed by atoms with Crippen molar-refractivity contribution < 1.29 is 9.90 Å². The summed E-state index contributed by atoms with van der Waals surface area (Å²) in [6, 6.07) is 8.03. The van der Waals surface area contributed by atoms with Crippen LogP contribution >= 0.6 is 11.6 Å². The molecule has 1 atom stereocenters. The highest BCUT2D eigenvalue weighted by atomic mass is 35.5. The Balaban J connectivity index is 1.80. The minimum Gasteiger partial charge on any atom is -0.508 e. The molecule has 1 unspecified atom stereocenters. The lowest BCUT2D eigenvalue weighted by atomic mass is 10.0. The van der Waals surface area contributed by atoms with Crippen LogP contribution in [0.15, 0.2) is 36.5 Å². The molecule has 20 heavy (non-hydrogen) atoms. The Morgan fingerprint density at radius 1 is 1.30 bits per heavy atom. The third kappa shape index (κ3) is 2.53. The van der Waals surface area contributed by atoms with Crippen molar-refractivity contribution in [3.8, 4) is 5.75 Å². The quantitative estimate of drug-likeness (QED) is 0.794. The smallest absolute Gasteiger partial charge is 0.247 e. The van der Waals surface area contributed by atoms with Crippen molar-refractivity contribution in [2.24, 2.45) is 0 Å². The number of carbonyl (C=O) groups is 1. The second-order valence-electron chi connectivity index (χ2n) is 4.61. The largest absolute Gasteiger partial charge is 0.508 e. The van der Waals surface area contributed by atoms with E-state index in [4.69, 9.17) is 11.6 Å². The number of halogens is 1. The van der Waals surface area contributed by atoms with Crippen molar-refractivity contribution in [1.29, 1.82) is 0 Å². The van der Waals surface area contributed by atoms with Crippen LogP contribution in [0.4, 0.5) is 11.5 Å². The molecular formula is C14H12ClN3O2.